The van der Waals surface area contributed by atoms with Crippen LogP contribution in [0.2, 0.25) is 0 Å². The number of aliphatic carboxylic acids is 1. The summed E-state index contributed by atoms with van der Waals surface area (Å²) in [4.78, 5) is 31.5. The van der Waals surface area contributed by atoms with E-state index in [1.165, 1.54) is 13.8 Å². The van der Waals surface area contributed by atoms with Gasteiger partial charge in [-0.25, -0.2) is 4.79 Å². The highest BCUT2D eigenvalue weighted by Gasteiger charge is 2.33. The summed E-state index contributed by atoms with van der Waals surface area (Å²) in [6.45, 7) is 2.67. The Morgan fingerprint density at radius 1 is 1.35 bits per heavy atom. The number of rotatable bonds is 6. The summed E-state index contributed by atoms with van der Waals surface area (Å²) < 4.78 is 11.6. The molecule has 0 aliphatic heterocycles. The van der Waals surface area contributed by atoms with Crippen LogP contribution in [0.4, 0.5) is 0 Å². The highest BCUT2D eigenvalue weighted by Crippen LogP contribution is 2.43. The van der Waals surface area contributed by atoms with Crippen LogP contribution in [0.3, 0.4) is 0 Å². The van der Waals surface area contributed by atoms with Gasteiger partial charge in [0, 0.05) is 0 Å². The van der Waals surface area contributed by atoms with Gasteiger partial charge in [0.05, 0.1) is 18.0 Å². The third kappa shape index (κ3) is 5.27. The lowest BCUT2D eigenvalue weighted by molar-refractivity contribution is -0.141. The van der Waals surface area contributed by atoms with Crippen molar-refractivity contribution in [2.75, 3.05) is 6.16 Å². The van der Waals surface area contributed by atoms with Crippen LogP contribution < -0.4 is 16.8 Å². The monoisotopic (exact) mass is 267 g/mol. The van der Waals surface area contributed by atoms with E-state index in [-0.39, 0.29) is 0 Å². The fraction of sp³-hybridized carbons (Fsp3) is 0.750. The van der Waals surface area contributed by atoms with Gasteiger partial charge < -0.3 is 26.8 Å². The minimum atomic E-state index is -3.82. The van der Waals surface area contributed by atoms with Crippen molar-refractivity contribution in [2.24, 2.45) is 11.5 Å². The lowest BCUT2D eigenvalue weighted by Crippen LogP contribution is -2.49. The first-order valence-corrected chi connectivity index (χ1v) is 6.85. The van der Waals surface area contributed by atoms with Gasteiger partial charge in [-0.05, 0) is 13.8 Å². The number of carboxylic acids is 1. The third-order valence-electron chi connectivity index (χ3n) is 2.11. The van der Waals surface area contributed by atoms with E-state index in [1.807, 2.05) is 0 Å². The van der Waals surface area contributed by atoms with Gasteiger partial charge in [-0.3, -0.25) is 9.36 Å². The maximum Gasteiger partial charge on any atom is 0.326 e. The molecule has 0 heterocycles. The van der Waals surface area contributed by atoms with Crippen molar-refractivity contribution in [3.63, 3.8) is 0 Å². The van der Waals surface area contributed by atoms with E-state index < -0.39 is 43.3 Å². The number of carbonyl (C=O) groups is 2. The fourth-order valence-electron chi connectivity index (χ4n) is 0.917. The average Bonchev–Trinajstić information content (AvgIpc) is 2.15. The number of nitrogens with two attached hydrogens (primary N) is 2. The molecule has 9 heteroatoms. The Bertz CT molecular complexity index is 344. The standard InChI is InChI=1S/C8H18N3O5P/c1-4(9)7(12)11-6(8(13)14)3-17(15,16)5(2)10/h4-6H,3,9-10H2,1-2H3,(H,11,12)(H,13,14)(H,15,16)/t4-,5?,6?/m0/s1. The number of nitrogens with one attached hydrogen (secondary N) is 1. The molecule has 0 bridgehead atoms. The Kier molecular flexibility index (Phi) is 5.77. The number of carbonyl (C=O) groups excluding carboxylic acids is 1. The topological polar surface area (TPSA) is 156 Å². The maximum atomic E-state index is 11.6. The van der Waals surface area contributed by atoms with E-state index in [4.69, 9.17) is 16.6 Å². The molecule has 0 saturated heterocycles. The van der Waals surface area contributed by atoms with E-state index in [0.717, 1.165) is 0 Å². The number of carboxylic acid groups (broad SMARTS) is 1. The Hall–Kier alpha value is -0.950. The van der Waals surface area contributed by atoms with Gasteiger partial charge >= 0.3 is 5.97 Å². The number of hydrogen-bond acceptors (Lipinski definition) is 5. The van der Waals surface area contributed by atoms with Gasteiger partial charge in [0.1, 0.15) is 6.04 Å². The normalized spacial score (nSPS) is 19.8. The summed E-state index contributed by atoms with van der Waals surface area (Å²) >= 11 is 0. The minimum Gasteiger partial charge on any atom is -0.480 e. The lowest BCUT2D eigenvalue weighted by Gasteiger charge is -2.21. The molecule has 8 nitrogen and oxygen atoms in total. The van der Waals surface area contributed by atoms with Gasteiger partial charge in [0.25, 0.3) is 0 Å². The van der Waals surface area contributed by atoms with Gasteiger partial charge in [0.2, 0.25) is 13.3 Å². The van der Waals surface area contributed by atoms with Gasteiger partial charge in [-0.2, -0.15) is 0 Å². The second kappa shape index (κ2) is 6.11. The average molecular weight is 267 g/mol. The molecule has 17 heavy (non-hydrogen) atoms. The molecule has 0 aliphatic carbocycles. The highest BCUT2D eigenvalue weighted by molar-refractivity contribution is 7.58. The molecule has 0 aromatic heterocycles. The van der Waals surface area contributed by atoms with Crippen molar-refractivity contribution < 1.29 is 24.2 Å². The van der Waals surface area contributed by atoms with Crippen molar-refractivity contribution in [3.8, 4) is 0 Å². The Morgan fingerprint density at radius 2 is 1.82 bits per heavy atom. The molecule has 0 spiro atoms. The minimum absolute atomic E-state index is 0.627. The van der Waals surface area contributed by atoms with Crippen molar-refractivity contribution in [1.29, 1.82) is 0 Å². The predicted molar refractivity (Wildman–Crippen MR) is 61.6 cm³/mol. The zero-order chi connectivity index (χ0) is 13.8. The molecule has 0 aliphatic rings. The summed E-state index contributed by atoms with van der Waals surface area (Å²) in [6.07, 6.45) is -0.627. The molecule has 0 rings (SSSR count). The highest BCUT2D eigenvalue weighted by atomic mass is 31.2. The second-order valence-corrected chi connectivity index (χ2v) is 6.56. The summed E-state index contributed by atoms with van der Waals surface area (Å²) in [5, 5.41) is 10.9. The molecule has 0 aromatic carbocycles. The Morgan fingerprint density at radius 3 is 2.12 bits per heavy atom. The van der Waals surface area contributed by atoms with E-state index >= 15 is 0 Å². The van der Waals surface area contributed by atoms with Crippen molar-refractivity contribution in [3.05, 3.63) is 0 Å². The van der Waals surface area contributed by atoms with Crippen LogP contribution in [-0.4, -0.2) is 45.9 Å². The molecular formula is C8H18N3O5P. The molecule has 0 aromatic rings. The number of amides is 1. The smallest absolute Gasteiger partial charge is 0.326 e. The first-order valence-electron chi connectivity index (χ1n) is 4.93. The summed E-state index contributed by atoms with van der Waals surface area (Å²) in [5.74, 6) is -3.17. The van der Waals surface area contributed by atoms with Crippen LogP contribution in [0.1, 0.15) is 13.8 Å². The van der Waals surface area contributed by atoms with E-state index in [9.17, 15) is 19.0 Å². The Labute approximate surface area is 98.8 Å². The zero-order valence-electron chi connectivity index (χ0n) is 9.66. The molecule has 1 amide bonds. The first kappa shape index (κ1) is 16.1. The van der Waals surface area contributed by atoms with Gasteiger partial charge in [-0.1, -0.05) is 0 Å². The number of hydrogen-bond donors (Lipinski definition) is 5. The second-order valence-electron chi connectivity index (χ2n) is 3.87. The van der Waals surface area contributed by atoms with Crippen LogP contribution in [0, 0.1) is 0 Å². The van der Waals surface area contributed by atoms with Crippen LogP contribution in [0.15, 0.2) is 0 Å². The predicted octanol–water partition coefficient (Wildman–Crippen LogP) is -1.52. The summed E-state index contributed by atoms with van der Waals surface area (Å²) in [7, 11) is -3.82. The molecule has 3 unspecified atom stereocenters. The first-order chi connectivity index (χ1) is 7.58. The van der Waals surface area contributed by atoms with Crippen LogP contribution in [-0.2, 0) is 14.2 Å². The lowest BCUT2D eigenvalue weighted by atomic mass is 10.3. The van der Waals surface area contributed by atoms with Crippen molar-refractivity contribution >= 4 is 19.2 Å². The Balaban J connectivity index is 4.73. The van der Waals surface area contributed by atoms with Gasteiger partial charge in [0.15, 0.2) is 0 Å². The quantitative estimate of drug-likeness (QED) is 0.366. The molecule has 4 atom stereocenters. The van der Waals surface area contributed by atoms with Crippen LogP contribution in [0.5, 0.6) is 0 Å². The zero-order valence-corrected chi connectivity index (χ0v) is 10.6. The third-order valence-corrected chi connectivity index (χ3v) is 4.27. The molecule has 0 saturated carbocycles. The molecule has 100 valence electrons. The SMILES string of the molecule is CC(N)P(=O)(O)CC(NC(=O)[C@H](C)N)C(=O)O. The van der Waals surface area contributed by atoms with Crippen molar-refractivity contribution in [1.82, 2.24) is 5.32 Å². The maximum absolute atomic E-state index is 11.6. The summed E-state index contributed by atoms with van der Waals surface area (Å²) in [5.41, 5.74) is 10.5. The largest absolute Gasteiger partial charge is 0.480 e. The summed E-state index contributed by atoms with van der Waals surface area (Å²) in [6, 6.07) is -2.37. The fourth-order valence-corrected chi connectivity index (χ4v) is 2.02. The molecule has 0 radical (unpaired) electrons. The molecular weight excluding hydrogens is 249 g/mol. The van der Waals surface area contributed by atoms with E-state index in [1.54, 1.807) is 0 Å². The van der Waals surface area contributed by atoms with Crippen molar-refractivity contribution in [2.45, 2.75) is 31.7 Å². The van der Waals surface area contributed by atoms with E-state index in [0.29, 0.717) is 0 Å². The molecule has 0 fully saturated rings. The van der Waals surface area contributed by atoms with Crippen LogP contribution in [0.25, 0.3) is 0 Å². The van der Waals surface area contributed by atoms with Crippen LogP contribution >= 0.6 is 7.37 Å². The molecule has 7 N–H and O–H groups in total. The van der Waals surface area contributed by atoms with E-state index in [2.05, 4.69) is 5.32 Å². The van der Waals surface area contributed by atoms with Gasteiger partial charge in [-0.15, -0.1) is 0 Å².